The van der Waals surface area contributed by atoms with Crippen molar-refractivity contribution in [1.29, 1.82) is 0 Å². The number of carbonyl (C=O) groups is 1. The molecule has 2 aromatic rings. The second-order valence-electron chi connectivity index (χ2n) is 5.91. The summed E-state index contributed by atoms with van der Waals surface area (Å²) >= 11 is 0. The molecule has 0 saturated carbocycles. The maximum Gasteiger partial charge on any atom is 0.330 e. The Labute approximate surface area is 140 Å². The standard InChI is InChI=1S/C16H19N3O4S/c1-2-11-24(22,23)18-9-7-16(8-10-18,15(20)21)19-12-17-13-5-3-4-6-14(13)19/h2-6,12H,1,7-11H2,(H,20,21). The zero-order valence-electron chi connectivity index (χ0n) is 13.1. The molecule has 2 heterocycles. The van der Waals surface area contributed by atoms with Crippen molar-refractivity contribution in [2.24, 2.45) is 0 Å². The zero-order valence-corrected chi connectivity index (χ0v) is 13.9. The first-order valence-corrected chi connectivity index (χ1v) is 9.26. The Hall–Kier alpha value is -2.19. The summed E-state index contributed by atoms with van der Waals surface area (Å²) in [5, 5.41) is 9.88. The number of rotatable bonds is 5. The number of aliphatic carboxylic acids is 1. The Bertz CT molecular complexity index is 880. The van der Waals surface area contributed by atoms with Crippen LogP contribution < -0.4 is 0 Å². The first kappa shape index (κ1) is 16.7. The van der Waals surface area contributed by atoms with E-state index in [0.29, 0.717) is 0 Å². The second kappa shape index (κ2) is 6.03. The molecule has 1 aromatic carbocycles. The minimum atomic E-state index is -3.42. The van der Waals surface area contributed by atoms with Crippen molar-refractivity contribution >= 4 is 27.0 Å². The van der Waals surface area contributed by atoms with Gasteiger partial charge in [-0.2, -0.15) is 0 Å². The molecule has 0 aliphatic carbocycles. The van der Waals surface area contributed by atoms with E-state index in [1.165, 1.54) is 16.7 Å². The highest BCUT2D eigenvalue weighted by atomic mass is 32.2. The third-order valence-electron chi connectivity index (χ3n) is 4.58. The number of carboxylic acid groups (broad SMARTS) is 1. The number of imidazole rings is 1. The Morgan fingerprint density at radius 2 is 2.00 bits per heavy atom. The molecular weight excluding hydrogens is 330 g/mol. The molecule has 1 fully saturated rings. The van der Waals surface area contributed by atoms with E-state index in [1.54, 1.807) is 4.57 Å². The fraction of sp³-hybridized carbons (Fsp3) is 0.375. The van der Waals surface area contributed by atoms with E-state index in [-0.39, 0.29) is 31.7 Å². The molecule has 1 aliphatic rings. The predicted octanol–water partition coefficient (Wildman–Crippen LogP) is 1.43. The van der Waals surface area contributed by atoms with Crippen LogP contribution in [0.25, 0.3) is 11.0 Å². The number of sulfonamides is 1. The summed E-state index contributed by atoms with van der Waals surface area (Å²) in [5.41, 5.74) is 0.276. The number of nitrogens with zero attached hydrogens (tertiary/aromatic N) is 3. The van der Waals surface area contributed by atoms with Crippen LogP contribution in [0.5, 0.6) is 0 Å². The SMILES string of the molecule is C=CCS(=O)(=O)N1CCC(C(=O)O)(n2cnc3ccccc32)CC1. The van der Waals surface area contributed by atoms with Crippen molar-refractivity contribution in [2.45, 2.75) is 18.4 Å². The fourth-order valence-electron chi connectivity index (χ4n) is 3.25. The molecule has 1 aromatic heterocycles. The van der Waals surface area contributed by atoms with Crippen molar-refractivity contribution in [2.75, 3.05) is 18.8 Å². The topological polar surface area (TPSA) is 92.5 Å². The third kappa shape index (κ3) is 2.61. The van der Waals surface area contributed by atoms with Crippen molar-refractivity contribution in [1.82, 2.24) is 13.9 Å². The van der Waals surface area contributed by atoms with Gasteiger partial charge in [-0.25, -0.2) is 22.5 Å². The first-order chi connectivity index (χ1) is 11.4. The fourth-order valence-corrected chi connectivity index (χ4v) is 4.49. The van der Waals surface area contributed by atoms with E-state index < -0.39 is 21.5 Å². The van der Waals surface area contributed by atoms with Crippen molar-refractivity contribution < 1.29 is 18.3 Å². The average Bonchev–Trinajstić information content (AvgIpc) is 2.99. The van der Waals surface area contributed by atoms with Crippen molar-refractivity contribution in [3.05, 3.63) is 43.2 Å². The average molecular weight is 349 g/mol. The summed E-state index contributed by atoms with van der Waals surface area (Å²) in [6.07, 6.45) is 3.27. The van der Waals surface area contributed by atoms with Gasteiger partial charge in [0, 0.05) is 13.1 Å². The Morgan fingerprint density at radius 3 is 2.62 bits per heavy atom. The van der Waals surface area contributed by atoms with Gasteiger partial charge in [0.2, 0.25) is 10.0 Å². The highest BCUT2D eigenvalue weighted by Gasteiger charge is 2.45. The summed E-state index contributed by atoms with van der Waals surface area (Å²) in [6, 6.07) is 7.33. The smallest absolute Gasteiger partial charge is 0.330 e. The highest BCUT2D eigenvalue weighted by Crippen LogP contribution is 2.34. The van der Waals surface area contributed by atoms with Crippen LogP contribution in [0.3, 0.4) is 0 Å². The lowest BCUT2D eigenvalue weighted by atomic mass is 9.88. The van der Waals surface area contributed by atoms with Gasteiger partial charge in [-0.15, -0.1) is 6.58 Å². The normalized spacial score (nSPS) is 18.5. The maximum absolute atomic E-state index is 12.2. The number of fused-ring (bicyclic) bond motifs is 1. The van der Waals surface area contributed by atoms with Gasteiger partial charge in [0.1, 0.15) is 5.54 Å². The lowest BCUT2D eigenvalue weighted by molar-refractivity contribution is -0.149. The number of piperidine rings is 1. The van der Waals surface area contributed by atoms with Gasteiger partial charge in [-0.05, 0) is 25.0 Å². The quantitative estimate of drug-likeness (QED) is 0.824. The summed E-state index contributed by atoms with van der Waals surface area (Å²) in [5.74, 6) is -1.10. The molecule has 0 spiro atoms. The summed E-state index contributed by atoms with van der Waals surface area (Å²) in [6.45, 7) is 3.78. The minimum absolute atomic E-state index is 0.138. The van der Waals surface area contributed by atoms with E-state index in [4.69, 9.17) is 0 Å². The van der Waals surface area contributed by atoms with Crippen LogP contribution >= 0.6 is 0 Å². The molecule has 3 rings (SSSR count). The van der Waals surface area contributed by atoms with E-state index in [1.807, 2.05) is 24.3 Å². The lowest BCUT2D eigenvalue weighted by Crippen LogP contribution is -2.52. The molecule has 1 aliphatic heterocycles. The Kier molecular flexibility index (Phi) is 4.18. The minimum Gasteiger partial charge on any atom is -0.479 e. The third-order valence-corrected chi connectivity index (χ3v) is 6.39. The van der Waals surface area contributed by atoms with Gasteiger partial charge in [0.05, 0.1) is 23.1 Å². The number of benzene rings is 1. The van der Waals surface area contributed by atoms with Gasteiger partial charge in [0.15, 0.2) is 0 Å². The van der Waals surface area contributed by atoms with Crippen LogP contribution in [0.15, 0.2) is 43.2 Å². The number of aromatic nitrogens is 2. The van der Waals surface area contributed by atoms with Crippen LogP contribution in [0.4, 0.5) is 0 Å². The Morgan fingerprint density at radius 1 is 1.33 bits per heavy atom. The highest BCUT2D eigenvalue weighted by molar-refractivity contribution is 7.89. The van der Waals surface area contributed by atoms with Gasteiger partial charge in [-0.3, -0.25) is 0 Å². The van der Waals surface area contributed by atoms with Crippen molar-refractivity contribution in [3.8, 4) is 0 Å². The molecule has 0 amide bonds. The molecule has 1 N–H and O–H groups in total. The molecule has 0 unspecified atom stereocenters. The molecule has 0 bridgehead atoms. The van der Waals surface area contributed by atoms with Crippen LogP contribution in [-0.2, 0) is 20.4 Å². The zero-order chi connectivity index (χ0) is 17.4. The second-order valence-corrected chi connectivity index (χ2v) is 7.92. The predicted molar refractivity (Wildman–Crippen MR) is 90.1 cm³/mol. The first-order valence-electron chi connectivity index (χ1n) is 7.65. The Balaban J connectivity index is 1.96. The number of para-hydroxylation sites is 2. The molecule has 128 valence electrons. The number of hydrogen-bond donors (Lipinski definition) is 1. The molecule has 0 atom stereocenters. The van der Waals surface area contributed by atoms with Gasteiger partial charge < -0.3 is 9.67 Å². The van der Waals surface area contributed by atoms with E-state index in [0.717, 1.165) is 11.0 Å². The lowest BCUT2D eigenvalue weighted by Gasteiger charge is -2.39. The van der Waals surface area contributed by atoms with E-state index in [9.17, 15) is 18.3 Å². The maximum atomic E-state index is 12.2. The van der Waals surface area contributed by atoms with E-state index >= 15 is 0 Å². The van der Waals surface area contributed by atoms with Crippen LogP contribution in [-0.4, -0.2) is 52.2 Å². The van der Waals surface area contributed by atoms with E-state index in [2.05, 4.69) is 11.6 Å². The monoisotopic (exact) mass is 349 g/mol. The summed E-state index contributed by atoms with van der Waals surface area (Å²) < 4.78 is 27.3. The van der Waals surface area contributed by atoms with Gasteiger partial charge in [-0.1, -0.05) is 18.2 Å². The van der Waals surface area contributed by atoms with Crippen LogP contribution in [0.1, 0.15) is 12.8 Å². The van der Waals surface area contributed by atoms with Gasteiger partial charge in [0.25, 0.3) is 0 Å². The number of carboxylic acids is 1. The molecule has 24 heavy (non-hydrogen) atoms. The van der Waals surface area contributed by atoms with Crippen LogP contribution in [0, 0.1) is 0 Å². The largest absolute Gasteiger partial charge is 0.479 e. The van der Waals surface area contributed by atoms with Crippen molar-refractivity contribution in [3.63, 3.8) is 0 Å². The molecule has 0 radical (unpaired) electrons. The molecule has 8 heteroatoms. The number of hydrogen-bond acceptors (Lipinski definition) is 4. The molecular formula is C16H19N3O4S. The summed E-state index contributed by atoms with van der Waals surface area (Å²) in [7, 11) is -3.42. The van der Waals surface area contributed by atoms with Crippen LogP contribution in [0.2, 0.25) is 0 Å². The molecule has 7 nitrogen and oxygen atoms in total. The molecule has 1 saturated heterocycles. The van der Waals surface area contributed by atoms with Gasteiger partial charge >= 0.3 is 5.97 Å². The summed E-state index contributed by atoms with van der Waals surface area (Å²) in [4.78, 5) is 16.3.